The van der Waals surface area contributed by atoms with Crippen LogP contribution in [0.3, 0.4) is 0 Å². The first-order chi connectivity index (χ1) is 15.1. The number of hydrogen-bond donors (Lipinski definition) is 0. The summed E-state index contributed by atoms with van der Waals surface area (Å²) in [5.74, 6) is -3.26. The van der Waals surface area contributed by atoms with E-state index in [1.807, 2.05) is 0 Å². The third-order valence-corrected chi connectivity index (χ3v) is 5.36. The summed E-state index contributed by atoms with van der Waals surface area (Å²) in [5, 5.41) is 8.06. The lowest BCUT2D eigenvalue weighted by molar-refractivity contribution is -0.226. The van der Waals surface area contributed by atoms with E-state index in [1.165, 1.54) is 4.68 Å². The van der Waals surface area contributed by atoms with Crippen LogP contribution < -0.4 is 0 Å². The lowest BCUT2D eigenvalue weighted by Gasteiger charge is -2.29. The molecule has 3 aliphatic heterocycles. The zero-order chi connectivity index (χ0) is 23.3. The van der Waals surface area contributed by atoms with Crippen molar-refractivity contribution in [3.05, 3.63) is 11.4 Å². The predicted octanol–water partition coefficient (Wildman–Crippen LogP) is 1.20. The molecular weight excluding hydrogens is 426 g/mol. The molecule has 3 saturated heterocycles. The summed E-state index contributed by atoms with van der Waals surface area (Å²) in [6, 6.07) is -0.709. The van der Waals surface area contributed by atoms with E-state index in [1.54, 1.807) is 41.5 Å². The smallest absolute Gasteiger partial charge is 0.361 e. The topological polar surface area (TPSA) is 129 Å². The first-order valence-electron chi connectivity index (χ1n) is 10.7. The maximum absolute atomic E-state index is 12.9. The molecule has 0 saturated carbocycles. The molecule has 32 heavy (non-hydrogen) atoms. The van der Waals surface area contributed by atoms with Gasteiger partial charge in [-0.05, 0) is 41.5 Å². The molecule has 4 rings (SSSR count). The van der Waals surface area contributed by atoms with E-state index in [-0.39, 0.29) is 31.2 Å². The molecule has 12 nitrogen and oxygen atoms in total. The monoisotopic (exact) mass is 455 g/mol. The van der Waals surface area contributed by atoms with Crippen LogP contribution in [0.4, 0.5) is 0 Å². The average Bonchev–Trinajstić information content (AvgIpc) is 3.42. The van der Waals surface area contributed by atoms with Crippen LogP contribution in [0.25, 0.3) is 0 Å². The Labute approximate surface area is 185 Å². The number of carbonyl (C=O) groups excluding carboxylic acids is 2. The van der Waals surface area contributed by atoms with E-state index in [0.29, 0.717) is 0 Å². The average molecular weight is 455 g/mol. The van der Waals surface area contributed by atoms with Gasteiger partial charge in [0.2, 0.25) is 5.69 Å². The summed E-state index contributed by atoms with van der Waals surface area (Å²) in [4.78, 5) is 25.3. The fraction of sp³-hybridized carbons (Fsp3) is 0.800. The Bertz CT molecular complexity index is 884. The Morgan fingerprint density at radius 1 is 1.00 bits per heavy atom. The zero-order valence-corrected chi connectivity index (χ0v) is 19.0. The van der Waals surface area contributed by atoms with Gasteiger partial charge in [0, 0.05) is 0 Å². The van der Waals surface area contributed by atoms with Gasteiger partial charge < -0.3 is 33.2 Å². The Balaban J connectivity index is 1.76. The molecule has 1 aromatic rings. The second kappa shape index (κ2) is 8.34. The highest BCUT2D eigenvalue weighted by atomic mass is 16.8. The number of carbonyl (C=O) groups is 2. The summed E-state index contributed by atoms with van der Waals surface area (Å²) in [6.07, 6.45) is -2.54. The standard InChI is InChI=1S/C20H29N3O9/c1-7-26-16(24)11-12(17(25)27-8-2)23(22-21-11)13-14(10-9-28-19(3,4)30-10)29-18-15(13)31-20(5,6)32-18/h10,13-15,18H,7-9H2,1-6H3/t10-,13+,14-,15-,18-/m1/s1. The third-order valence-electron chi connectivity index (χ3n) is 5.36. The number of hydrogen-bond acceptors (Lipinski definition) is 11. The Morgan fingerprint density at radius 3 is 2.31 bits per heavy atom. The number of rotatable bonds is 6. The van der Waals surface area contributed by atoms with Crippen molar-refractivity contribution in [2.45, 2.75) is 83.8 Å². The lowest BCUT2D eigenvalue weighted by atomic mass is 10.0. The number of esters is 2. The molecule has 0 spiro atoms. The molecule has 3 aliphatic rings. The lowest BCUT2D eigenvalue weighted by Crippen LogP contribution is -2.41. The maximum atomic E-state index is 12.9. The van der Waals surface area contributed by atoms with Crippen molar-refractivity contribution in [2.24, 2.45) is 0 Å². The van der Waals surface area contributed by atoms with Crippen molar-refractivity contribution in [3.8, 4) is 0 Å². The summed E-state index contributed by atoms with van der Waals surface area (Å²) >= 11 is 0. The summed E-state index contributed by atoms with van der Waals surface area (Å²) < 4.78 is 41.4. The second-order valence-electron chi connectivity index (χ2n) is 8.60. The van der Waals surface area contributed by atoms with Crippen LogP contribution in [0.5, 0.6) is 0 Å². The van der Waals surface area contributed by atoms with E-state index in [0.717, 1.165) is 0 Å². The van der Waals surface area contributed by atoms with Crippen molar-refractivity contribution >= 4 is 11.9 Å². The van der Waals surface area contributed by atoms with Crippen molar-refractivity contribution in [1.29, 1.82) is 0 Å². The molecule has 5 atom stereocenters. The molecule has 0 aliphatic carbocycles. The molecular formula is C20H29N3O9. The third kappa shape index (κ3) is 4.13. The largest absolute Gasteiger partial charge is 0.461 e. The molecule has 0 unspecified atom stereocenters. The Hall–Kier alpha value is -2.12. The molecule has 4 heterocycles. The van der Waals surface area contributed by atoms with Crippen molar-refractivity contribution in [2.75, 3.05) is 19.8 Å². The number of ether oxygens (including phenoxy) is 7. The van der Waals surface area contributed by atoms with Crippen LogP contribution in [0, 0.1) is 0 Å². The van der Waals surface area contributed by atoms with Gasteiger partial charge in [0.05, 0.1) is 19.8 Å². The van der Waals surface area contributed by atoms with Gasteiger partial charge in [0.25, 0.3) is 0 Å². The maximum Gasteiger partial charge on any atom is 0.361 e. The first-order valence-corrected chi connectivity index (χ1v) is 10.7. The van der Waals surface area contributed by atoms with Gasteiger partial charge in [0.1, 0.15) is 24.4 Å². The molecule has 1 aromatic heterocycles. The molecule has 0 bridgehead atoms. The van der Waals surface area contributed by atoms with Crippen LogP contribution in [-0.4, -0.2) is 82.9 Å². The van der Waals surface area contributed by atoms with E-state index in [9.17, 15) is 9.59 Å². The highest BCUT2D eigenvalue weighted by molar-refractivity contribution is 6.00. The van der Waals surface area contributed by atoms with E-state index < -0.39 is 54.2 Å². The van der Waals surface area contributed by atoms with Gasteiger partial charge in [0.15, 0.2) is 23.6 Å². The van der Waals surface area contributed by atoms with Crippen molar-refractivity contribution < 1.29 is 42.7 Å². The number of fused-ring (bicyclic) bond motifs is 1. The van der Waals surface area contributed by atoms with Gasteiger partial charge in [-0.3, -0.25) is 0 Å². The minimum Gasteiger partial charge on any atom is -0.461 e. The van der Waals surface area contributed by atoms with Crippen molar-refractivity contribution in [1.82, 2.24) is 15.0 Å². The summed E-state index contributed by atoms with van der Waals surface area (Å²) in [7, 11) is 0. The van der Waals surface area contributed by atoms with Gasteiger partial charge in [-0.1, -0.05) is 5.21 Å². The summed E-state index contributed by atoms with van der Waals surface area (Å²) in [6.45, 7) is 10.9. The van der Waals surface area contributed by atoms with Gasteiger partial charge >= 0.3 is 11.9 Å². The van der Waals surface area contributed by atoms with Crippen LogP contribution in [0.1, 0.15) is 68.6 Å². The van der Waals surface area contributed by atoms with E-state index >= 15 is 0 Å². The minimum absolute atomic E-state index is 0.101. The van der Waals surface area contributed by atoms with Crippen LogP contribution >= 0.6 is 0 Å². The van der Waals surface area contributed by atoms with E-state index in [2.05, 4.69) is 10.3 Å². The quantitative estimate of drug-likeness (QED) is 0.574. The zero-order valence-electron chi connectivity index (χ0n) is 19.0. The minimum atomic E-state index is -0.917. The highest BCUT2D eigenvalue weighted by Gasteiger charge is 2.60. The Morgan fingerprint density at radius 2 is 1.69 bits per heavy atom. The normalized spacial score (nSPS) is 32.6. The predicted molar refractivity (Wildman–Crippen MR) is 105 cm³/mol. The molecule has 0 aromatic carbocycles. The SMILES string of the molecule is CCOC(=O)c1nnn([C@@H]2[C@H]3OC(C)(C)O[C@H]3O[C@@H]2[C@H]2COC(C)(C)O2)c1C(=O)OCC. The Kier molecular flexibility index (Phi) is 6.01. The van der Waals surface area contributed by atoms with Crippen LogP contribution in [0.15, 0.2) is 0 Å². The second-order valence-corrected chi connectivity index (χ2v) is 8.60. The van der Waals surface area contributed by atoms with E-state index in [4.69, 9.17) is 33.2 Å². The molecule has 12 heteroatoms. The molecule has 178 valence electrons. The fourth-order valence-corrected chi connectivity index (χ4v) is 4.21. The van der Waals surface area contributed by atoms with Crippen molar-refractivity contribution in [3.63, 3.8) is 0 Å². The highest BCUT2D eigenvalue weighted by Crippen LogP contribution is 2.46. The molecule has 3 fully saturated rings. The molecule has 0 radical (unpaired) electrons. The van der Waals surface area contributed by atoms with Crippen LogP contribution in [0.2, 0.25) is 0 Å². The summed E-state index contributed by atoms with van der Waals surface area (Å²) in [5.41, 5.74) is -0.384. The van der Waals surface area contributed by atoms with Crippen LogP contribution in [-0.2, 0) is 33.2 Å². The van der Waals surface area contributed by atoms with Gasteiger partial charge in [-0.2, -0.15) is 0 Å². The number of aromatic nitrogens is 3. The molecule has 0 amide bonds. The van der Waals surface area contributed by atoms with Gasteiger partial charge in [-0.15, -0.1) is 5.10 Å². The fourth-order valence-electron chi connectivity index (χ4n) is 4.21. The number of nitrogens with zero attached hydrogens (tertiary/aromatic N) is 3. The molecule has 0 N–H and O–H groups in total. The van der Waals surface area contributed by atoms with Gasteiger partial charge in [-0.25, -0.2) is 14.3 Å². The first kappa shape index (κ1) is 23.1.